The maximum absolute atomic E-state index is 13.7. The van der Waals surface area contributed by atoms with Crippen LogP contribution in [0.25, 0.3) is 11.1 Å². The molecule has 0 spiro atoms. The number of hydrogen-bond donors (Lipinski definition) is 1. The molecule has 4 heteroatoms. The Labute approximate surface area is 145 Å². The van der Waals surface area contributed by atoms with E-state index >= 15 is 0 Å². The summed E-state index contributed by atoms with van der Waals surface area (Å²) in [5.41, 5.74) is 2.45. The molecule has 0 heterocycles. The largest absolute Gasteiger partial charge is 0.345 e. The molecule has 0 unspecified atom stereocenters. The summed E-state index contributed by atoms with van der Waals surface area (Å²) >= 11 is 0. The monoisotopic (exact) mass is 337 g/mol. The van der Waals surface area contributed by atoms with Gasteiger partial charge in [0, 0.05) is 0 Å². The molecule has 126 valence electrons. The Bertz CT molecular complexity index is 856. The van der Waals surface area contributed by atoms with Crippen LogP contribution in [0.4, 0.5) is 8.78 Å². The van der Waals surface area contributed by atoms with Gasteiger partial charge in [0.2, 0.25) is 0 Å². The van der Waals surface area contributed by atoms with Crippen LogP contribution in [-0.2, 0) is 0 Å². The van der Waals surface area contributed by atoms with Gasteiger partial charge in [-0.1, -0.05) is 60.7 Å². The predicted octanol–water partition coefficient (Wildman–Crippen LogP) is 5.12. The van der Waals surface area contributed by atoms with E-state index in [4.69, 9.17) is 0 Å². The third-order valence-electron chi connectivity index (χ3n) is 4.06. The Morgan fingerprint density at radius 1 is 0.800 bits per heavy atom. The van der Waals surface area contributed by atoms with Crippen LogP contribution in [0.2, 0.25) is 0 Å². The second kappa shape index (κ2) is 7.26. The minimum Gasteiger partial charge on any atom is -0.345 e. The lowest BCUT2D eigenvalue weighted by Crippen LogP contribution is -2.28. The highest BCUT2D eigenvalue weighted by molar-refractivity contribution is 5.95. The first-order valence-corrected chi connectivity index (χ1v) is 7.96. The normalized spacial score (nSPS) is 11.8. The van der Waals surface area contributed by atoms with Crippen molar-refractivity contribution in [3.05, 3.63) is 95.6 Å². The van der Waals surface area contributed by atoms with E-state index in [2.05, 4.69) is 5.32 Å². The fraction of sp³-hybridized carbons (Fsp3) is 0.0952. The summed E-state index contributed by atoms with van der Waals surface area (Å²) < 4.78 is 27.4. The Morgan fingerprint density at radius 3 is 1.96 bits per heavy atom. The molecule has 0 aliphatic carbocycles. The first kappa shape index (κ1) is 16.8. The Kier molecular flexibility index (Phi) is 4.89. The quantitative estimate of drug-likeness (QED) is 0.703. The van der Waals surface area contributed by atoms with Gasteiger partial charge >= 0.3 is 0 Å². The number of amides is 1. The molecule has 0 saturated carbocycles. The minimum absolute atomic E-state index is 0.378. The molecule has 3 rings (SSSR count). The molecule has 0 fully saturated rings. The fourth-order valence-electron chi connectivity index (χ4n) is 2.66. The van der Waals surface area contributed by atoms with Gasteiger partial charge in [-0.05, 0) is 35.7 Å². The van der Waals surface area contributed by atoms with Gasteiger partial charge in [0.1, 0.15) is 17.2 Å². The van der Waals surface area contributed by atoms with E-state index in [0.29, 0.717) is 0 Å². The molecular weight excluding hydrogens is 320 g/mol. The number of carbonyl (C=O) groups is 1. The van der Waals surface area contributed by atoms with E-state index in [1.807, 2.05) is 54.6 Å². The highest BCUT2D eigenvalue weighted by Crippen LogP contribution is 2.22. The number of nitrogens with one attached hydrogen (secondary N) is 1. The van der Waals surface area contributed by atoms with Crippen molar-refractivity contribution in [3.8, 4) is 11.1 Å². The first-order valence-electron chi connectivity index (χ1n) is 7.96. The molecule has 0 aliphatic rings. The zero-order chi connectivity index (χ0) is 17.8. The van der Waals surface area contributed by atoms with Crippen molar-refractivity contribution >= 4 is 5.91 Å². The molecule has 25 heavy (non-hydrogen) atoms. The second-order valence-electron chi connectivity index (χ2n) is 5.78. The van der Waals surface area contributed by atoms with Crippen molar-refractivity contribution in [2.24, 2.45) is 0 Å². The van der Waals surface area contributed by atoms with Crippen molar-refractivity contribution < 1.29 is 13.6 Å². The van der Waals surface area contributed by atoms with Crippen LogP contribution in [0.3, 0.4) is 0 Å². The van der Waals surface area contributed by atoms with E-state index in [1.165, 1.54) is 6.07 Å². The van der Waals surface area contributed by atoms with Crippen LogP contribution in [0.15, 0.2) is 72.8 Å². The van der Waals surface area contributed by atoms with Crippen molar-refractivity contribution in [1.82, 2.24) is 5.32 Å². The highest BCUT2D eigenvalue weighted by Gasteiger charge is 2.19. The summed E-state index contributed by atoms with van der Waals surface area (Å²) in [5, 5.41) is 2.63. The number of benzene rings is 3. The zero-order valence-electron chi connectivity index (χ0n) is 13.7. The van der Waals surface area contributed by atoms with E-state index < -0.39 is 23.1 Å². The minimum atomic E-state index is -0.871. The van der Waals surface area contributed by atoms with E-state index in [-0.39, 0.29) is 6.04 Å². The van der Waals surface area contributed by atoms with Gasteiger partial charge in [0.15, 0.2) is 0 Å². The summed E-state index contributed by atoms with van der Waals surface area (Å²) in [7, 11) is 0. The summed E-state index contributed by atoms with van der Waals surface area (Å²) in [6, 6.07) is 20.6. The van der Waals surface area contributed by atoms with Gasteiger partial charge in [0.25, 0.3) is 5.91 Å². The van der Waals surface area contributed by atoms with Gasteiger partial charge in [-0.15, -0.1) is 0 Å². The van der Waals surface area contributed by atoms with E-state index in [1.54, 1.807) is 6.92 Å². The van der Waals surface area contributed by atoms with Crippen LogP contribution < -0.4 is 5.32 Å². The molecule has 0 radical (unpaired) electrons. The molecule has 3 aromatic carbocycles. The van der Waals surface area contributed by atoms with Crippen molar-refractivity contribution in [1.29, 1.82) is 0 Å². The lowest BCUT2D eigenvalue weighted by atomic mass is 10.0. The first-order chi connectivity index (χ1) is 12.1. The van der Waals surface area contributed by atoms with Gasteiger partial charge in [-0.3, -0.25) is 4.79 Å². The number of hydrogen-bond acceptors (Lipinski definition) is 1. The van der Waals surface area contributed by atoms with Crippen LogP contribution in [0.5, 0.6) is 0 Å². The average Bonchev–Trinajstić information content (AvgIpc) is 2.62. The number of halogens is 2. The Morgan fingerprint density at radius 2 is 1.36 bits per heavy atom. The van der Waals surface area contributed by atoms with Crippen molar-refractivity contribution in [2.75, 3.05) is 0 Å². The van der Waals surface area contributed by atoms with Crippen molar-refractivity contribution in [2.45, 2.75) is 13.0 Å². The molecule has 1 N–H and O–H groups in total. The zero-order valence-corrected chi connectivity index (χ0v) is 13.7. The van der Waals surface area contributed by atoms with Crippen molar-refractivity contribution in [3.63, 3.8) is 0 Å². The maximum Gasteiger partial charge on any atom is 0.257 e. The smallest absolute Gasteiger partial charge is 0.257 e. The van der Waals surface area contributed by atoms with E-state index in [9.17, 15) is 13.6 Å². The Balaban J connectivity index is 1.75. The summed E-state index contributed by atoms with van der Waals surface area (Å²) in [4.78, 5) is 12.2. The molecular formula is C21H17F2NO. The van der Waals surface area contributed by atoms with Gasteiger partial charge in [-0.2, -0.15) is 0 Å². The van der Waals surface area contributed by atoms with Gasteiger partial charge in [-0.25, -0.2) is 8.78 Å². The highest BCUT2D eigenvalue weighted by atomic mass is 19.1. The lowest BCUT2D eigenvalue weighted by Gasteiger charge is -2.15. The standard InChI is InChI=1S/C21H17F2NO/c1-14(24-21(25)20-18(22)8-5-9-19(20)23)15-10-12-17(13-11-15)16-6-3-2-4-7-16/h2-14H,1H3,(H,24,25)/t14-/m1/s1. The third-order valence-corrected chi connectivity index (χ3v) is 4.06. The molecule has 3 aromatic rings. The van der Waals surface area contributed by atoms with Gasteiger partial charge in [0.05, 0.1) is 6.04 Å². The molecule has 0 bridgehead atoms. The molecule has 0 aliphatic heterocycles. The summed E-state index contributed by atoms with van der Waals surface area (Å²) in [5.74, 6) is -2.51. The van der Waals surface area contributed by atoms with Crippen LogP contribution in [-0.4, -0.2) is 5.91 Å². The molecule has 2 nitrogen and oxygen atoms in total. The molecule has 0 saturated heterocycles. The third kappa shape index (κ3) is 3.74. The summed E-state index contributed by atoms with van der Waals surface area (Å²) in [6.45, 7) is 1.77. The topological polar surface area (TPSA) is 29.1 Å². The SMILES string of the molecule is C[C@@H](NC(=O)c1c(F)cccc1F)c1ccc(-c2ccccc2)cc1. The number of carbonyl (C=O) groups excluding carboxylic acids is 1. The molecule has 0 aromatic heterocycles. The van der Waals surface area contributed by atoms with Crippen LogP contribution in [0.1, 0.15) is 28.9 Å². The fourth-order valence-corrected chi connectivity index (χ4v) is 2.66. The van der Waals surface area contributed by atoms with Crippen LogP contribution in [0, 0.1) is 11.6 Å². The molecule has 1 amide bonds. The van der Waals surface area contributed by atoms with Gasteiger partial charge < -0.3 is 5.32 Å². The second-order valence-corrected chi connectivity index (χ2v) is 5.78. The summed E-state index contributed by atoms with van der Waals surface area (Å²) in [6.07, 6.45) is 0. The maximum atomic E-state index is 13.7. The van der Waals surface area contributed by atoms with E-state index in [0.717, 1.165) is 28.8 Å². The number of rotatable bonds is 4. The Hall–Kier alpha value is -3.01. The predicted molar refractivity (Wildman–Crippen MR) is 94.1 cm³/mol. The van der Waals surface area contributed by atoms with Crippen LogP contribution >= 0.6 is 0 Å². The average molecular weight is 337 g/mol. The molecule has 1 atom stereocenters. The lowest BCUT2D eigenvalue weighted by molar-refractivity contribution is 0.0931.